The molecule has 1 rings (SSSR count). The maximum absolute atomic E-state index is 8.60. The van der Waals surface area contributed by atoms with Gasteiger partial charge in [-0.25, -0.2) is 0 Å². The lowest BCUT2D eigenvalue weighted by Crippen LogP contribution is -2.01. The second-order valence-corrected chi connectivity index (χ2v) is 2.66. The molecule has 0 radical (unpaired) electrons. The van der Waals surface area contributed by atoms with E-state index in [1.54, 1.807) is 10.9 Å². The highest BCUT2D eigenvalue weighted by Gasteiger charge is 1.96. The van der Waals surface area contributed by atoms with Crippen LogP contribution in [0.1, 0.15) is 12.0 Å². The van der Waals surface area contributed by atoms with E-state index in [-0.39, 0.29) is 13.2 Å². The minimum atomic E-state index is 0.112. The summed E-state index contributed by atoms with van der Waals surface area (Å²) in [6.45, 7) is 0.866. The Bertz CT molecular complexity index is 223. The van der Waals surface area contributed by atoms with Crippen molar-refractivity contribution in [3.63, 3.8) is 0 Å². The van der Waals surface area contributed by atoms with Crippen molar-refractivity contribution in [2.45, 2.75) is 19.4 Å². The fraction of sp³-hybridized carbons (Fsp3) is 0.625. The molecule has 2 N–H and O–H groups in total. The minimum absolute atomic E-state index is 0.112. The molecule has 0 spiro atoms. The van der Waals surface area contributed by atoms with Gasteiger partial charge in [-0.05, 0) is 18.4 Å². The molecule has 0 amide bonds. The largest absolute Gasteiger partial charge is 0.396 e. The summed E-state index contributed by atoms with van der Waals surface area (Å²) in [5.74, 6) is 0. The van der Waals surface area contributed by atoms with Gasteiger partial charge in [0.2, 0.25) is 0 Å². The molecule has 0 saturated heterocycles. The fourth-order valence-corrected chi connectivity index (χ4v) is 1.04. The molecule has 0 unspecified atom stereocenters. The second-order valence-electron chi connectivity index (χ2n) is 2.66. The van der Waals surface area contributed by atoms with E-state index in [0.29, 0.717) is 6.54 Å². The average molecular weight is 170 g/mol. The van der Waals surface area contributed by atoms with Crippen LogP contribution in [0.4, 0.5) is 0 Å². The van der Waals surface area contributed by atoms with Gasteiger partial charge in [0, 0.05) is 12.8 Å². The summed E-state index contributed by atoms with van der Waals surface area (Å²) in [7, 11) is 0. The molecule has 0 aliphatic carbocycles. The van der Waals surface area contributed by atoms with Crippen LogP contribution in [0.5, 0.6) is 0 Å². The van der Waals surface area contributed by atoms with Crippen molar-refractivity contribution < 1.29 is 10.2 Å². The summed E-state index contributed by atoms with van der Waals surface area (Å²) in [6, 6.07) is 0. The predicted molar refractivity (Wildman–Crippen MR) is 44.7 cm³/mol. The average Bonchev–Trinajstić information content (AvgIpc) is 2.50. The summed E-state index contributed by atoms with van der Waals surface area (Å²) in [4.78, 5) is 0. The van der Waals surface area contributed by atoms with Crippen LogP contribution < -0.4 is 0 Å². The highest BCUT2D eigenvalue weighted by molar-refractivity contribution is 5.03. The third-order valence-electron chi connectivity index (χ3n) is 1.64. The number of aliphatic hydroxyl groups is 2. The molecule has 68 valence electrons. The van der Waals surface area contributed by atoms with E-state index in [4.69, 9.17) is 10.2 Å². The van der Waals surface area contributed by atoms with Crippen LogP contribution in [0, 0.1) is 0 Å². The SMILES string of the molecule is OCCCc1cnn(CCO)c1. The smallest absolute Gasteiger partial charge is 0.0640 e. The highest BCUT2D eigenvalue weighted by Crippen LogP contribution is 2.00. The van der Waals surface area contributed by atoms with Crippen molar-refractivity contribution in [2.75, 3.05) is 13.2 Å². The van der Waals surface area contributed by atoms with Gasteiger partial charge in [-0.1, -0.05) is 0 Å². The molecule has 4 nitrogen and oxygen atoms in total. The molecule has 0 aliphatic rings. The third kappa shape index (κ3) is 2.64. The van der Waals surface area contributed by atoms with E-state index >= 15 is 0 Å². The van der Waals surface area contributed by atoms with Gasteiger partial charge >= 0.3 is 0 Å². The van der Waals surface area contributed by atoms with Crippen molar-refractivity contribution in [2.24, 2.45) is 0 Å². The molecule has 1 aromatic heterocycles. The van der Waals surface area contributed by atoms with E-state index in [2.05, 4.69) is 5.10 Å². The molecule has 1 heterocycles. The molecule has 0 atom stereocenters. The maximum atomic E-state index is 8.60. The molecule has 4 heteroatoms. The summed E-state index contributed by atoms with van der Waals surface area (Å²) in [5, 5.41) is 21.2. The number of hydrogen-bond acceptors (Lipinski definition) is 3. The Kier molecular flexibility index (Phi) is 3.76. The maximum Gasteiger partial charge on any atom is 0.0640 e. The number of aryl methyl sites for hydroxylation is 1. The van der Waals surface area contributed by atoms with Gasteiger partial charge in [0.1, 0.15) is 0 Å². The lowest BCUT2D eigenvalue weighted by molar-refractivity contribution is 0.269. The lowest BCUT2D eigenvalue weighted by atomic mass is 10.2. The van der Waals surface area contributed by atoms with Gasteiger partial charge in [0.15, 0.2) is 0 Å². The van der Waals surface area contributed by atoms with Crippen LogP contribution in [-0.4, -0.2) is 33.2 Å². The van der Waals surface area contributed by atoms with Crippen LogP contribution >= 0.6 is 0 Å². The summed E-state index contributed by atoms with van der Waals surface area (Å²) in [5.41, 5.74) is 1.11. The van der Waals surface area contributed by atoms with Crippen molar-refractivity contribution in [3.05, 3.63) is 18.0 Å². The van der Waals surface area contributed by atoms with E-state index in [1.165, 1.54) is 0 Å². The van der Waals surface area contributed by atoms with E-state index in [0.717, 1.165) is 18.4 Å². The summed E-state index contributed by atoms with van der Waals surface area (Å²) in [6.07, 6.45) is 5.28. The van der Waals surface area contributed by atoms with Gasteiger partial charge in [-0.3, -0.25) is 4.68 Å². The molecule has 12 heavy (non-hydrogen) atoms. The van der Waals surface area contributed by atoms with Crippen LogP contribution in [-0.2, 0) is 13.0 Å². The first-order valence-corrected chi connectivity index (χ1v) is 4.10. The molecular weight excluding hydrogens is 156 g/mol. The molecule has 0 bridgehead atoms. The number of aliphatic hydroxyl groups excluding tert-OH is 2. The monoisotopic (exact) mass is 170 g/mol. The predicted octanol–water partition coefficient (Wildman–Crippen LogP) is -0.200. The Hall–Kier alpha value is -0.870. The van der Waals surface area contributed by atoms with Gasteiger partial charge in [-0.15, -0.1) is 0 Å². The Morgan fingerprint density at radius 3 is 2.83 bits per heavy atom. The first-order chi connectivity index (χ1) is 5.86. The topological polar surface area (TPSA) is 58.3 Å². The van der Waals surface area contributed by atoms with Gasteiger partial charge in [0.25, 0.3) is 0 Å². The summed E-state index contributed by atoms with van der Waals surface area (Å²) >= 11 is 0. The first-order valence-electron chi connectivity index (χ1n) is 4.10. The van der Waals surface area contributed by atoms with Crippen LogP contribution in [0.2, 0.25) is 0 Å². The first kappa shape index (κ1) is 9.22. The van der Waals surface area contributed by atoms with Crippen molar-refractivity contribution in [1.29, 1.82) is 0 Å². The Morgan fingerprint density at radius 1 is 1.33 bits per heavy atom. The molecule has 0 saturated carbocycles. The number of hydrogen-bond donors (Lipinski definition) is 2. The van der Waals surface area contributed by atoms with Gasteiger partial charge < -0.3 is 10.2 Å². The van der Waals surface area contributed by atoms with Crippen LogP contribution in [0.25, 0.3) is 0 Å². The van der Waals surface area contributed by atoms with E-state index in [9.17, 15) is 0 Å². The van der Waals surface area contributed by atoms with Crippen molar-refractivity contribution in [3.8, 4) is 0 Å². The zero-order valence-corrected chi connectivity index (χ0v) is 6.98. The van der Waals surface area contributed by atoms with E-state index < -0.39 is 0 Å². The summed E-state index contributed by atoms with van der Waals surface area (Å²) < 4.78 is 1.70. The molecular formula is C8H14N2O2. The fourth-order valence-electron chi connectivity index (χ4n) is 1.04. The minimum Gasteiger partial charge on any atom is -0.396 e. The Balaban J connectivity index is 2.41. The highest BCUT2D eigenvalue weighted by atomic mass is 16.3. The lowest BCUT2D eigenvalue weighted by Gasteiger charge is -1.94. The van der Waals surface area contributed by atoms with Crippen LogP contribution in [0.15, 0.2) is 12.4 Å². The Labute approximate surface area is 71.5 Å². The molecule has 1 aromatic rings. The van der Waals surface area contributed by atoms with Crippen molar-refractivity contribution in [1.82, 2.24) is 9.78 Å². The normalized spacial score (nSPS) is 10.5. The van der Waals surface area contributed by atoms with E-state index in [1.807, 2.05) is 6.20 Å². The zero-order chi connectivity index (χ0) is 8.81. The van der Waals surface area contributed by atoms with Gasteiger partial charge in [-0.2, -0.15) is 5.10 Å². The molecule has 0 fully saturated rings. The Morgan fingerprint density at radius 2 is 2.17 bits per heavy atom. The van der Waals surface area contributed by atoms with Crippen molar-refractivity contribution >= 4 is 0 Å². The second kappa shape index (κ2) is 4.90. The standard InChI is InChI=1S/C8H14N2O2/c11-4-1-2-8-6-9-10(7-8)3-5-12/h6-7,11-12H,1-5H2. The molecule has 0 aromatic carbocycles. The third-order valence-corrected chi connectivity index (χ3v) is 1.64. The number of rotatable bonds is 5. The van der Waals surface area contributed by atoms with Crippen LogP contribution in [0.3, 0.4) is 0 Å². The zero-order valence-electron chi connectivity index (χ0n) is 6.98. The number of nitrogens with zero attached hydrogens (tertiary/aromatic N) is 2. The quantitative estimate of drug-likeness (QED) is 0.643. The number of aromatic nitrogens is 2. The van der Waals surface area contributed by atoms with Gasteiger partial charge in [0.05, 0.1) is 19.3 Å². The molecule has 0 aliphatic heterocycles.